The van der Waals surface area contributed by atoms with Gasteiger partial charge in [0, 0.05) is 12.1 Å². The van der Waals surface area contributed by atoms with E-state index in [1.165, 1.54) is 18.4 Å². The Morgan fingerprint density at radius 1 is 1.31 bits per heavy atom. The number of nitrogens with zero attached hydrogens (tertiary/aromatic N) is 1. The second-order valence-corrected chi connectivity index (χ2v) is 3.86. The first kappa shape index (κ1) is 8.23. The number of hydrogen-bond donors (Lipinski definition) is 0. The third-order valence-corrected chi connectivity index (χ3v) is 2.78. The van der Waals surface area contributed by atoms with E-state index < -0.39 is 0 Å². The van der Waals surface area contributed by atoms with Crippen LogP contribution in [0.1, 0.15) is 25.3 Å². The van der Waals surface area contributed by atoms with E-state index in [1.807, 2.05) is 12.1 Å². The van der Waals surface area contributed by atoms with Gasteiger partial charge in [-0.15, -0.1) is 0 Å². The van der Waals surface area contributed by atoms with Crippen molar-refractivity contribution in [3.8, 4) is 0 Å². The molecule has 0 heterocycles. The van der Waals surface area contributed by atoms with Gasteiger partial charge in [0.2, 0.25) is 0 Å². The summed E-state index contributed by atoms with van der Waals surface area (Å²) in [6.07, 6.45) is 2.40. The van der Waals surface area contributed by atoms with E-state index in [1.54, 1.807) is 12.1 Å². The molecular formula is C10H11NO2. The van der Waals surface area contributed by atoms with Crippen molar-refractivity contribution in [3.63, 3.8) is 0 Å². The first-order chi connectivity index (χ1) is 6.12. The van der Waals surface area contributed by atoms with Crippen molar-refractivity contribution in [2.45, 2.75) is 25.2 Å². The molecule has 1 aromatic carbocycles. The van der Waals surface area contributed by atoms with Gasteiger partial charge in [-0.25, -0.2) is 0 Å². The minimum absolute atomic E-state index is 0.174. The van der Waals surface area contributed by atoms with Gasteiger partial charge in [0.25, 0.3) is 5.69 Å². The van der Waals surface area contributed by atoms with E-state index in [0.29, 0.717) is 5.41 Å². The zero-order valence-electron chi connectivity index (χ0n) is 7.49. The molecule has 0 atom stereocenters. The quantitative estimate of drug-likeness (QED) is 0.514. The van der Waals surface area contributed by atoms with Crippen LogP contribution in [-0.2, 0) is 5.41 Å². The molecule has 13 heavy (non-hydrogen) atoms. The van der Waals surface area contributed by atoms with Gasteiger partial charge in [0.1, 0.15) is 0 Å². The van der Waals surface area contributed by atoms with Crippen molar-refractivity contribution in [3.05, 3.63) is 39.9 Å². The number of benzene rings is 1. The van der Waals surface area contributed by atoms with Crippen molar-refractivity contribution < 1.29 is 4.92 Å². The first-order valence-electron chi connectivity index (χ1n) is 4.37. The van der Waals surface area contributed by atoms with Gasteiger partial charge in [-0.05, 0) is 23.8 Å². The maximum Gasteiger partial charge on any atom is 0.269 e. The van der Waals surface area contributed by atoms with Crippen LogP contribution in [0.2, 0.25) is 0 Å². The van der Waals surface area contributed by atoms with E-state index in [-0.39, 0.29) is 10.6 Å². The molecule has 1 aliphatic rings. The fraction of sp³-hybridized carbons (Fsp3) is 0.400. The van der Waals surface area contributed by atoms with Crippen LogP contribution in [-0.4, -0.2) is 4.92 Å². The summed E-state index contributed by atoms with van der Waals surface area (Å²) in [4.78, 5) is 10.0. The van der Waals surface area contributed by atoms with Crippen molar-refractivity contribution >= 4 is 5.69 Å². The maximum absolute atomic E-state index is 10.4. The Bertz CT molecular complexity index is 338. The molecule has 0 aromatic heterocycles. The average Bonchev–Trinajstić information content (AvgIpc) is 2.85. The number of rotatable bonds is 2. The molecule has 0 saturated heterocycles. The van der Waals surface area contributed by atoms with Gasteiger partial charge in [-0.1, -0.05) is 19.1 Å². The lowest BCUT2D eigenvalue weighted by molar-refractivity contribution is -0.384. The number of non-ortho nitro benzene ring substituents is 1. The Kier molecular flexibility index (Phi) is 1.62. The van der Waals surface area contributed by atoms with Crippen LogP contribution in [0.4, 0.5) is 5.69 Å². The molecule has 1 aliphatic carbocycles. The Hall–Kier alpha value is -1.38. The maximum atomic E-state index is 10.4. The van der Waals surface area contributed by atoms with Gasteiger partial charge in [0.15, 0.2) is 0 Å². The lowest BCUT2D eigenvalue weighted by Gasteiger charge is -2.06. The second kappa shape index (κ2) is 2.55. The van der Waals surface area contributed by atoms with Crippen molar-refractivity contribution in [2.24, 2.45) is 0 Å². The summed E-state index contributed by atoms with van der Waals surface area (Å²) >= 11 is 0. The van der Waals surface area contributed by atoms with Crippen molar-refractivity contribution in [1.82, 2.24) is 0 Å². The van der Waals surface area contributed by atoms with Crippen LogP contribution in [0.5, 0.6) is 0 Å². The van der Waals surface area contributed by atoms with E-state index >= 15 is 0 Å². The summed E-state index contributed by atoms with van der Waals surface area (Å²) in [6.45, 7) is 2.19. The van der Waals surface area contributed by atoms with E-state index in [9.17, 15) is 10.1 Å². The summed E-state index contributed by atoms with van der Waals surface area (Å²) in [5.41, 5.74) is 1.70. The van der Waals surface area contributed by atoms with Crippen LogP contribution in [0, 0.1) is 10.1 Å². The minimum Gasteiger partial charge on any atom is -0.258 e. The van der Waals surface area contributed by atoms with Crippen LogP contribution in [0.3, 0.4) is 0 Å². The predicted molar refractivity (Wildman–Crippen MR) is 49.7 cm³/mol. The molecular weight excluding hydrogens is 166 g/mol. The van der Waals surface area contributed by atoms with E-state index in [2.05, 4.69) is 6.92 Å². The Labute approximate surface area is 76.5 Å². The smallest absolute Gasteiger partial charge is 0.258 e. The van der Waals surface area contributed by atoms with Crippen LogP contribution in [0.25, 0.3) is 0 Å². The van der Waals surface area contributed by atoms with Gasteiger partial charge in [0.05, 0.1) is 4.92 Å². The lowest BCUT2D eigenvalue weighted by atomic mass is 9.98. The number of hydrogen-bond acceptors (Lipinski definition) is 2. The third-order valence-electron chi connectivity index (χ3n) is 2.78. The third kappa shape index (κ3) is 1.41. The summed E-state index contributed by atoms with van der Waals surface area (Å²) < 4.78 is 0. The van der Waals surface area contributed by atoms with Gasteiger partial charge in [-0.3, -0.25) is 10.1 Å². The molecule has 3 heteroatoms. The Morgan fingerprint density at radius 3 is 2.23 bits per heavy atom. The largest absolute Gasteiger partial charge is 0.269 e. The fourth-order valence-corrected chi connectivity index (χ4v) is 1.46. The zero-order chi connectivity index (χ0) is 9.47. The first-order valence-corrected chi connectivity index (χ1v) is 4.37. The molecule has 0 amide bonds. The monoisotopic (exact) mass is 177 g/mol. The Balaban J connectivity index is 2.28. The minimum atomic E-state index is -0.362. The van der Waals surface area contributed by atoms with Crippen LogP contribution in [0.15, 0.2) is 24.3 Å². The molecule has 0 radical (unpaired) electrons. The number of nitro groups is 1. The number of nitro benzene ring substituents is 1. The van der Waals surface area contributed by atoms with Gasteiger partial charge < -0.3 is 0 Å². The predicted octanol–water partition coefficient (Wildman–Crippen LogP) is 2.65. The molecule has 0 N–H and O–H groups in total. The molecule has 0 spiro atoms. The molecule has 0 unspecified atom stereocenters. The molecule has 1 fully saturated rings. The van der Waals surface area contributed by atoms with Gasteiger partial charge >= 0.3 is 0 Å². The highest BCUT2D eigenvalue weighted by atomic mass is 16.6. The summed E-state index contributed by atoms with van der Waals surface area (Å²) in [6, 6.07) is 6.90. The zero-order valence-corrected chi connectivity index (χ0v) is 7.49. The Morgan fingerprint density at radius 2 is 1.85 bits per heavy atom. The molecule has 0 aliphatic heterocycles. The molecule has 2 rings (SSSR count). The molecule has 68 valence electrons. The molecule has 1 saturated carbocycles. The second-order valence-electron chi connectivity index (χ2n) is 3.86. The summed E-state index contributed by atoms with van der Waals surface area (Å²) in [5.74, 6) is 0. The van der Waals surface area contributed by atoms with Crippen LogP contribution < -0.4 is 0 Å². The molecule has 3 nitrogen and oxygen atoms in total. The molecule has 1 aromatic rings. The average molecular weight is 177 g/mol. The highest BCUT2D eigenvalue weighted by molar-refractivity contribution is 5.38. The summed E-state index contributed by atoms with van der Waals surface area (Å²) in [7, 11) is 0. The normalized spacial score (nSPS) is 18.2. The summed E-state index contributed by atoms with van der Waals surface area (Å²) in [5, 5.41) is 10.4. The fourth-order valence-electron chi connectivity index (χ4n) is 1.46. The van der Waals surface area contributed by atoms with Crippen molar-refractivity contribution in [1.29, 1.82) is 0 Å². The highest BCUT2D eigenvalue weighted by Gasteiger charge is 2.38. The topological polar surface area (TPSA) is 43.1 Å². The van der Waals surface area contributed by atoms with E-state index in [4.69, 9.17) is 0 Å². The van der Waals surface area contributed by atoms with Crippen LogP contribution >= 0.6 is 0 Å². The van der Waals surface area contributed by atoms with Gasteiger partial charge in [-0.2, -0.15) is 0 Å². The lowest BCUT2D eigenvalue weighted by Crippen LogP contribution is -1.99. The highest BCUT2D eigenvalue weighted by Crippen LogP contribution is 2.47. The van der Waals surface area contributed by atoms with E-state index in [0.717, 1.165) is 0 Å². The molecule has 0 bridgehead atoms. The standard InChI is InChI=1S/C10H11NO2/c1-10(6-7-10)8-2-4-9(5-3-8)11(12)13/h2-5H,6-7H2,1H3. The SMILES string of the molecule is CC1(c2ccc([N+](=O)[O-])cc2)CC1. The van der Waals surface area contributed by atoms with Crippen molar-refractivity contribution in [2.75, 3.05) is 0 Å².